The van der Waals surface area contributed by atoms with E-state index in [-0.39, 0.29) is 11.9 Å². The molecule has 25 heavy (non-hydrogen) atoms. The van der Waals surface area contributed by atoms with Crippen molar-refractivity contribution in [3.8, 4) is 0 Å². The van der Waals surface area contributed by atoms with Crippen molar-refractivity contribution in [1.82, 2.24) is 9.97 Å². The molecule has 0 fully saturated rings. The van der Waals surface area contributed by atoms with E-state index in [0.717, 1.165) is 11.1 Å². The number of halogens is 1. The molecule has 1 heterocycles. The highest BCUT2D eigenvalue weighted by molar-refractivity contribution is 5.74. The molecule has 0 radical (unpaired) electrons. The predicted octanol–water partition coefficient (Wildman–Crippen LogP) is 3.98. The molecule has 4 N–H and O–H groups in total. The number of nitrogens with one attached hydrogen (secondary N) is 2. The quantitative estimate of drug-likeness (QED) is 0.634. The van der Waals surface area contributed by atoms with Gasteiger partial charge in [-0.25, -0.2) is 14.4 Å². The van der Waals surface area contributed by atoms with Crippen molar-refractivity contribution in [2.45, 2.75) is 19.5 Å². The van der Waals surface area contributed by atoms with E-state index < -0.39 is 0 Å². The maximum Gasteiger partial charge on any atom is 0.155 e. The van der Waals surface area contributed by atoms with Gasteiger partial charge in [-0.3, -0.25) is 0 Å². The lowest BCUT2D eigenvalue weighted by atomic mass is 10.1. The molecule has 1 atom stereocenters. The summed E-state index contributed by atoms with van der Waals surface area (Å²) in [5, 5.41) is 6.47. The minimum absolute atomic E-state index is 0.0587. The van der Waals surface area contributed by atoms with E-state index in [1.807, 2.05) is 37.3 Å². The molecule has 0 bridgehead atoms. The van der Waals surface area contributed by atoms with Crippen LogP contribution in [0.25, 0.3) is 0 Å². The summed E-state index contributed by atoms with van der Waals surface area (Å²) in [5.74, 6) is 0.863. The largest absolute Gasteiger partial charge is 0.393 e. The molecule has 128 valence electrons. The first kappa shape index (κ1) is 16.7. The number of aromatic nitrogens is 2. The molecule has 1 aromatic heterocycles. The van der Waals surface area contributed by atoms with Gasteiger partial charge in [0, 0.05) is 6.54 Å². The van der Waals surface area contributed by atoms with Gasteiger partial charge < -0.3 is 16.4 Å². The van der Waals surface area contributed by atoms with Gasteiger partial charge in [-0.2, -0.15) is 0 Å². The third-order valence-electron chi connectivity index (χ3n) is 3.91. The third-order valence-corrected chi connectivity index (χ3v) is 3.91. The number of nitrogen functional groups attached to an aromatic ring is 1. The van der Waals surface area contributed by atoms with Gasteiger partial charge in [0.15, 0.2) is 11.6 Å². The molecule has 2 aromatic carbocycles. The molecular formula is C19H20FN5. The average molecular weight is 337 g/mol. The number of nitrogens with zero attached hydrogens (tertiary/aromatic N) is 2. The summed E-state index contributed by atoms with van der Waals surface area (Å²) in [4.78, 5) is 8.42. The third kappa shape index (κ3) is 4.23. The van der Waals surface area contributed by atoms with Gasteiger partial charge in [0.1, 0.15) is 17.8 Å². The van der Waals surface area contributed by atoms with E-state index in [4.69, 9.17) is 5.73 Å². The molecule has 3 aromatic rings. The topological polar surface area (TPSA) is 75.9 Å². The molecule has 5 nitrogen and oxygen atoms in total. The zero-order chi connectivity index (χ0) is 17.6. The fourth-order valence-electron chi connectivity index (χ4n) is 2.47. The number of nitrogens with two attached hydrogens (primary N) is 1. The predicted molar refractivity (Wildman–Crippen MR) is 98.7 cm³/mol. The zero-order valence-corrected chi connectivity index (χ0v) is 13.9. The van der Waals surface area contributed by atoms with Gasteiger partial charge in [-0.15, -0.1) is 0 Å². The average Bonchev–Trinajstić information content (AvgIpc) is 2.64. The molecule has 0 aliphatic carbocycles. The lowest BCUT2D eigenvalue weighted by molar-refractivity contribution is 0.627. The Kier molecular flexibility index (Phi) is 5.09. The maximum absolute atomic E-state index is 13.0. The number of anilines is 3. The van der Waals surface area contributed by atoms with Crippen LogP contribution in [0.4, 0.5) is 21.7 Å². The minimum atomic E-state index is -0.258. The standard InChI is InChI=1S/C19H20FN5/c1-13(15-5-3-2-4-6-15)25-19-17(21)18(23-12-24-19)22-11-14-7-9-16(20)10-8-14/h2-10,12-13H,11,21H2,1H3,(H2,22,23,24,25). The maximum atomic E-state index is 13.0. The SMILES string of the molecule is CC(Nc1ncnc(NCc2ccc(F)cc2)c1N)c1ccccc1. The van der Waals surface area contributed by atoms with Crippen LogP contribution >= 0.6 is 0 Å². The van der Waals surface area contributed by atoms with E-state index in [9.17, 15) is 4.39 Å². The molecule has 1 unspecified atom stereocenters. The normalized spacial score (nSPS) is 11.8. The van der Waals surface area contributed by atoms with E-state index in [1.165, 1.54) is 18.5 Å². The first-order chi connectivity index (χ1) is 12.1. The summed E-state index contributed by atoms with van der Waals surface area (Å²) in [5.41, 5.74) is 8.72. The van der Waals surface area contributed by atoms with Crippen LogP contribution in [0, 0.1) is 5.82 Å². The molecule has 0 saturated carbocycles. The van der Waals surface area contributed by atoms with Crippen LogP contribution in [0.15, 0.2) is 60.9 Å². The fraction of sp³-hybridized carbons (Fsp3) is 0.158. The van der Waals surface area contributed by atoms with Crippen LogP contribution in [0.3, 0.4) is 0 Å². The van der Waals surface area contributed by atoms with Crippen LogP contribution in [-0.4, -0.2) is 9.97 Å². The molecule has 0 spiro atoms. The molecule has 0 aliphatic rings. The Morgan fingerprint density at radius 3 is 2.40 bits per heavy atom. The van der Waals surface area contributed by atoms with E-state index in [2.05, 4.69) is 20.6 Å². The number of hydrogen-bond acceptors (Lipinski definition) is 5. The number of rotatable bonds is 6. The molecule has 0 aliphatic heterocycles. The highest BCUT2D eigenvalue weighted by Gasteiger charge is 2.11. The van der Waals surface area contributed by atoms with Gasteiger partial charge >= 0.3 is 0 Å². The van der Waals surface area contributed by atoms with Crippen molar-refractivity contribution >= 4 is 17.3 Å². The minimum Gasteiger partial charge on any atom is -0.393 e. The monoisotopic (exact) mass is 337 g/mol. The van der Waals surface area contributed by atoms with Crippen molar-refractivity contribution in [2.24, 2.45) is 0 Å². The molecule has 3 rings (SSSR count). The summed E-state index contributed by atoms with van der Waals surface area (Å²) in [6.45, 7) is 2.54. The van der Waals surface area contributed by atoms with Crippen LogP contribution < -0.4 is 16.4 Å². The van der Waals surface area contributed by atoms with Crippen molar-refractivity contribution in [2.75, 3.05) is 16.4 Å². The van der Waals surface area contributed by atoms with Crippen LogP contribution in [0.1, 0.15) is 24.1 Å². The van der Waals surface area contributed by atoms with Crippen molar-refractivity contribution < 1.29 is 4.39 Å². The summed E-state index contributed by atoms with van der Waals surface area (Å²) >= 11 is 0. The Bertz CT molecular complexity index is 821. The molecular weight excluding hydrogens is 317 g/mol. The Hall–Kier alpha value is -3.15. The highest BCUT2D eigenvalue weighted by atomic mass is 19.1. The Morgan fingerprint density at radius 2 is 1.68 bits per heavy atom. The second-order valence-electron chi connectivity index (χ2n) is 5.74. The van der Waals surface area contributed by atoms with Crippen molar-refractivity contribution in [3.63, 3.8) is 0 Å². The summed E-state index contributed by atoms with van der Waals surface area (Å²) in [7, 11) is 0. The van der Waals surface area contributed by atoms with Crippen molar-refractivity contribution in [3.05, 3.63) is 77.9 Å². The van der Waals surface area contributed by atoms with E-state index >= 15 is 0 Å². The summed E-state index contributed by atoms with van der Waals surface area (Å²) in [6.07, 6.45) is 1.46. The Balaban J connectivity index is 1.70. The molecule has 0 saturated heterocycles. The Labute approximate surface area is 146 Å². The van der Waals surface area contributed by atoms with Crippen molar-refractivity contribution in [1.29, 1.82) is 0 Å². The van der Waals surface area contributed by atoms with Gasteiger partial charge in [-0.1, -0.05) is 42.5 Å². The lowest BCUT2D eigenvalue weighted by Gasteiger charge is -2.17. The second kappa shape index (κ2) is 7.61. The smallest absolute Gasteiger partial charge is 0.155 e. The number of benzene rings is 2. The summed E-state index contributed by atoms with van der Waals surface area (Å²) in [6, 6.07) is 16.4. The lowest BCUT2D eigenvalue weighted by Crippen LogP contribution is -2.12. The van der Waals surface area contributed by atoms with Gasteiger partial charge in [0.05, 0.1) is 6.04 Å². The van der Waals surface area contributed by atoms with Crippen LogP contribution in [-0.2, 0) is 6.54 Å². The second-order valence-corrected chi connectivity index (χ2v) is 5.74. The van der Waals surface area contributed by atoms with Gasteiger partial charge in [0.25, 0.3) is 0 Å². The van der Waals surface area contributed by atoms with Gasteiger partial charge in [-0.05, 0) is 30.2 Å². The Morgan fingerprint density at radius 1 is 1.00 bits per heavy atom. The van der Waals surface area contributed by atoms with Crippen LogP contribution in [0.5, 0.6) is 0 Å². The molecule has 6 heteroatoms. The van der Waals surface area contributed by atoms with E-state index in [0.29, 0.717) is 23.9 Å². The highest BCUT2D eigenvalue weighted by Crippen LogP contribution is 2.26. The number of hydrogen-bond donors (Lipinski definition) is 3. The van der Waals surface area contributed by atoms with E-state index in [1.54, 1.807) is 12.1 Å². The van der Waals surface area contributed by atoms with Crippen LogP contribution in [0.2, 0.25) is 0 Å². The molecule has 0 amide bonds. The summed E-state index contributed by atoms with van der Waals surface area (Å²) < 4.78 is 13.0. The fourth-order valence-corrected chi connectivity index (χ4v) is 2.47. The first-order valence-corrected chi connectivity index (χ1v) is 8.04. The first-order valence-electron chi connectivity index (χ1n) is 8.04. The zero-order valence-electron chi connectivity index (χ0n) is 13.9. The van der Waals surface area contributed by atoms with Gasteiger partial charge in [0.2, 0.25) is 0 Å².